The van der Waals surface area contributed by atoms with Gasteiger partial charge in [-0.25, -0.2) is 4.98 Å². The van der Waals surface area contributed by atoms with E-state index in [0.717, 1.165) is 22.1 Å². The Kier molecular flexibility index (Phi) is 4.01. The van der Waals surface area contributed by atoms with Gasteiger partial charge in [0, 0.05) is 24.2 Å². The summed E-state index contributed by atoms with van der Waals surface area (Å²) in [5.41, 5.74) is 3.20. The van der Waals surface area contributed by atoms with Crippen LogP contribution in [0, 0.1) is 0 Å². The molecule has 0 unspecified atom stereocenters. The van der Waals surface area contributed by atoms with Crippen molar-refractivity contribution < 1.29 is 14.3 Å². The van der Waals surface area contributed by atoms with Crippen LogP contribution in [0.4, 0.5) is 5.69 Å². The molecule has 2 aromatic carbocycles. The van der Waals surface area contributed by atoms with Crippen molar-refractivity contribution in [2.75, 3.05) is 17.9 Å². The number of hydrogen-bond donors (Lipinski definition) is 1. The number of benzene rings is 2. The van der Waals surface area contributed by atoms with Crippen molar-refractivity contribution in [1.29, 1.82) is 0 Å². The Morgan fingerprint density at radius 1 is 1.18 bits per heavy atom. The first-order valence-corrected chi connectivity index (χ1v) is 9.58. The zero-order chi connectivity index (χ0) is 19.1. The molecule has 9 heteroatoms. The molecule has 4 aromatic rings. The summed E-state index contributed by atoms with van der Waals surface area (Å²) in [4.78, 5) is 16.8. The molecule has 0 saturated carbocycles. The first kappa shape index (κ1) is 16.8. The van der Waals surface area contributed by atoms with Crippen LogP contribution in [0.2, 0.25) is 0 Å². The van der Waals surface area contributed by atoms with Crippen LogP contribution in [-0.4, -0.2) is 38.2 Å². The van der Waals surface area contributed by atoms with Gasteiger partial charge in [-0.1, -0.05) is 30.0 Å². The van der Waals surface area contributed by atoms with Crippen molar-refractivity contribution >= 4 is 45.4 Å². The SMILES string of the molecule is Cn1c2ccccc2c2nnc(SCC(=O)Nc3ccc4c(c3)OCO4)nc21. The third kappa shape index (κ3) is 2.89. The Morgan fingerprint density at radius 3 is 2.96 bits per heavy atom. The number of anilines is 1. The van der Waals surface area contributed by atoms with E-state index in [1.807, 2.05) is 35.9 Å². The summed E-state index contributed by atoms with van der Waals surface area (Å²) >= 11 is 1.24. The predicted molar refractivity (Wildman–Crippen MR) is 106 cm³/mol. The lowest BCUT2D eigenvalue weighted by molar-refractivity contribution is -0.113. The summed E-state index contributed by atoms with van der Waals surface area (Å²) in [7, 11) is 1.94. The standard InChI is InChI=1S/C19H15N5O3S/c1-24-13-5-3-2-4-12(13)17-18(24)21-19(23-22-17)28-9-16(25)20-11-6-7-14-15(8-11)27-10-26-14/h2-8H,9-10H2,1H3,(H,20,25). The Morgan fingerprint density at radius 2 is 2.04 bits per heavy atom. The van der Waals surface area contributed by atoms with Gasteiger partial charge < -0.3 is 19.4 Å². The van der Waals surface area contributed by atoms with Crippen LogP contribution in [0.25, 0.3) is 22.1 Å². The van der Waals surface area contributed by atoms with Crippen molar-refractivity contribution in [2.24, 2.45) is 7.05 Å². The summed E-state index contributed by atoms with van der Waals surface area (Å²) in [6.07, 6.45) is 0. The van der Waals surface area contributed by atoms with Gasteiger partial charge in [-0.15, -0.1) is 10.2 Å². The van der Waals surface area contributed by atoms with Crippen molar-refractivity contribution in [3.8, 4) is 11.5 Å². The third-order valence-corrected chi connectivity index (χ3v) is 5.31. The van der Waals surface area contributed by atoms with Gasteiger partial charge in [0.25, 0.3) is 0 Å². The van der Waals surface area contributed by atoms with Crippen LogP contribution in [0.15, 0.2) is 47.6 Å². The number of ether oxygens (including phenoxy) is 2. The molecule has 3 heterocycles. The lowest BCUT2D eigenvalue weighted by Crippen LogP contribution is -2.14. The van der Waals surface area contributed by atoms with E-state index in [1.54, 1.807) is 18.2 Å². The number of nitrogens with zero attached hydrogens (tertiary/aromatic N) is 4. The van der Waals surface area contributed by atoms with E-state index in [-0.39, 0.29) is 18.5 Å². The number of para-hydroxylation sites is 1. The lowest BCUT2D eigenvalue weighted by atomic mass is 10.2. The van der Waals surface area contributed by atoms with E-state index in [4.69, 9.17) is 9.47 Å². The Hall–Kier alpha value is -3.33. The number of fused-ring (bicyclic) bond motifs is 4. The van der Waals surface area contributed by atoms with E-state index in [0.29, 0.717) is 22.3 Å². The van der Waals surface area contributed by atoms with Gasteiger partial charge in [0.05, 0.1) is 11.3 Å². The average Bonchev–Trinajstić information content (AvgIpc) is 3.29. The van der Waals surface area contributed by atoms with Gasteiger partial charge in [0.15, 0.2) is 17.1 Å². The first-order chi connectivity index (χ1) is 13.7. The summed E-state index contributed by atoms with van der Waals surface area (Å²) in [6.45, 7) is 0.198. The third-order valence-electron chi connectivity index (χ3n) is 4.48. The second-order valence-electron chi connectivity index (χ2n) is 6.25. The summed E-state index contributed by atoms with van der Waals surface area (Å²) in [5, 5.41) is 12.8. The summed E-state index contributed by atoms with van der Waals surface area (Å²) in [6, 6.07) is 13.2. The lowest BCUT2D eigenvalue weighted by Gasteiger charge is -2.05. The molecule has 5 rings (SSSR count). The quantitative estimate of drug-likeness (QED) is 0.533. The van der Waals surface area contributed by atoms with Crippen molar-refractivity contribution in [3.63, 3.8) is 0 Å². The first-order valence-electron chi connectivity index (χ1n) is 8.59. The van der Waals surface area contributed by atoms with E-state index >= 15 is 0 Å². The molecule has 0 bridgehead atoms. The molecule has 1 aliphatic rings. The molecule has 8 nitrogen and oxygen atoms in total. The number of carbonyl (C=O) groups excluding carboxylic acids is 1. The molecular weight excluding hydrogens is 378 g/mol. The number of nitrogens with one attached hydrogen (secondary N) is 1. The van der Waals surface area contributed by atoms with Crippen LogP contribution in [-0.2, 0) is 11.8 Å². The van der Waals surface area contributed by atoms with Gasteiger partial charge in [0.2, 0.25) is 17.9 Å². The largest absolute Gasteiger partial charge is 0.454 e. The number of aryl methyl sites for hydroxylation is 1. The normalized spacial score (nSPS) is 12.6. The molecule has 0 spiro atoms. The maximum absolute atomic E-state index is 12.3. The maximum Gasteiger partial charge on any atom is 0.234 e. The molecule has 0 radical (unpaired) electrons. The van der Waals surface area contributed by atoms with Gasteiger partial charge in [-0.2, -0.15) is 0 Å². The molecule has 28 heavy (non-hydrogen) atoms. The second kappa shape index (κ2) is 6.68. The van der Waals surface area contributed by atoms with Crippen molar-refractivity contribution in [3.05, 3.63) is 42.5 Å². The number of thioether (sulfide) groups is 1. The second-order valence-corrected chi connectivity index (χ2v) is 7.19. The van der Waals surface area contributed by atoms with E-state index < -0.39 is 0 Å². The number of carbonyl (C=O) groups is 1. The molecule has 0 aliphatic carbocycles. The van der Waals surface area contributed by atoms with Gasteiger partial charge in [-0.3, -0.25) is 4.79 Å². The summed E-state index contributed by atoms with van der Waals surface area (Å²) < 4.78 is 12.6. The monoisotopic (exact) mass is 393 g/mol. The van der Waals surface area contributed by atoms with Gasteiger partial charge >= 0.3 is 0 Å². The van der Waals surface area contributed by atoms with Crippen molar-refractivity contribution in [1.82, 2.24) is 19.7 Å². The van der Waals surface area contributed by atoms with Crippen LogP contribution in [0.5, 0.6) is 11.5 Å². The topological polar surface area (TPSA) is 91.2 Å². The van der Waals surface area contributed by atoms with Crippen LogP contribution < -0.4 is 14.8 Å². The molecule has 2 aromatic heterocycles. The minimum Gasteiger partial charge on any atom is -0.454 e. The number of amides is 1. The number of hydrogen-bond acceptors (Lipinski definition) is 7. The fourth-order valence-electron chi connectivity index (χ4n) is 3.15. The highest BCUT2D eigenvalue weighted by molar-refractivity contribution is 7.99. The van der Waals surface area contributed by atoms with Crippen LogP contribution in [0.3, 0.4) is 0 Å². The number of aromatic nitrogens is 4. The molecule has 0 atom stereocenters. The van der Waals surface area contributed by atoms with Gasteiger partial charge in [-0.05, 0) is 18.2 Å². The Labute approximate surface area is 163 Å². The highest BCUT2D eigenvalue weighted by Gasteiger charge is 2.15. The zero-order valence-electron chi connectivity index (χ0n) is 14.9. The fourth-order valence-corrected chi connectivity index (χ4v) is 3.74. The minimum atomic E-state index is -0.162. The Bertz CT molecular complexity index is 1220. The van der Waals surface area contributed by atoms with E-state index in [2.05, 4.69) is 20.5 Å². The highest BCUT2D eigenvalue weighted by Crippen LogP contribution is 2.34. The molecular formula is C19H15N5O3S. The fraction of sp³-hybridized carbons (Fsp3) is 0.158. The zero-order valence-corrected chi connectivity index (χ0v) is 15.7. The average molecular weight is 393 g/mol. The molecule has 1 aliphatic heterocycles. The molecule has 0 saturated heterocycles. The molecule has 1 N–H and O–H groups in total. The smallest absolute Gasteiger partial charge is 0.234 e. The minimum absolute atomic E-state index is 0.162. The van der Waals surface area contributed by atoms with Gasteiger partial charge in [0.1, 0.15) is 5.52 Å². The molecule has 0 fully saturated rings. The highest BCUT2D eigenvalue weighted by atomic mass is 32.2. The molecule has 1 amide bonds. The summed E-state index contributed by atoms with van der Waals surface area (Å²) in [5.74, 6) is 1.31. The van der Waals surface area contributed by atoms with Crippen LogP contribution in [0.1, 0.15) is 0 Å². The maximum atomic E-state index is 12.3. The van der Waals surface area contributed by atoms with E-state index in [1.165, 1.54) is 11.8 Å². The molecule has 140 valence electrons. The Balaban J connectivity index is 1.31. The van der Waals surface area contributed by atoms with Crippen LogP contribution >= 0.6 is 11.8 Å². The number of rotatable bonds is 4. The predicted octanol–water partition coefficient (Wildman–Crippen LogP) is 2.98. The van der Waals surface area contributed by atoms with E-state index in [9.17, 15) is 4.79 Å². The van der Waals surface area contributed by atoms with Crippen molar-refractivity contribution in [2.45, 2.75) is 5.16 Å².